The Morgan fingerprint density at radius 1 is 1.18 bits per heavy atom. The van der Waals surface area contributed by atoms with Crippen LogP contribution in [0.25, 0.3) is 0 Å². The van der Waals surface area contributed by atoms with Crippen LogP contribution >= 0.6 is 0 Å². The highest BCUT2D eigenvalue weighted by Crippen LogP contribution is 2.18. The molecule has 0 saturated carbocycles. The number of halogens is 3. The van der Waals surface area contributed by atoms with Gasteiger partial charge in [-0.15, -0.1) is 0 Å². The number of guanidine groups is 1. The summed E-state index contributed by atoms with van der Waals surface area (Å²) in [6.45, 7) is 7.41. The van der Waals surface area contributed by atoms with E-state index in [9.17, 15) is 13.2 Å². The predicted molar refractivity (Wildman–Crippen MR) is 81.1 cm³/mol. The highest BCUT2D eigenvalue weighted by atomic mass is 19.4. The molecule has 0 aromatic rings. The first kappa shape index (κ1) is 19.0. The summed E-state index contributed by atoms with van der Waals surface area (Å²) in [6, 6.07) is 0. The second-order valence-corrected chi connectivity index (χ2v) is 5.66. The van der Waals surface area contributed by atoms with Gasteiger partial charge in [-0.05, 0) is 20.3 Å². The molecule has 1 saturated heterocycles. The van der Waals surface area contributed by atoms with E-state index in [0.717, 1.165) is 26.1 Å². The van der Waals surface area contributed by atoms with Crippen LogP contribution < -0.4 is 10.6 Å². The summed E-state index contributed by atoms with van der Waals surface area (Å²) in [5.74, 6) is 0.410. The maximum absolute atomic E-state index is 12.1. The number of alkyl halides is 3. The summed E-state index contributed by atoms with van der Waals surface area (Å²) in [5.41, 5.74) is 0. The summed E-state index contributed by atoms with van der Waals surface area (Å²) < 4.78 is 41.9. The highest BCUT2D eigenvalue weighted by molar-refractivity contribution is 5.79. The lowest BCUT2D eigenvalue weighted by molar-refractivity contribution is -0.132. The third kappa shape index (κ3) is 8.43. The Morgan fingerprint density at radius 2 is 1.77 bits per heavy atom. The van der Waals surface area contributed by atoms with Crippen molar-refractivity contribution in [1.82, 2.24) is 15.5 Å². The topological polar surface area (TPSA) is 48.9 Å². The van der Waals surface area contributed by atoms with Gasteiger partial charge in [-0.3, -0.25) is 9.89 Å². The van der Waals surface area contributed by atoms with Crippen molar-refractivity contribution in [3.63, 3.8) is 0 Å². The molecule has 1 heterocycles. The number of aliphatic imine (C=N–C) groups is 1. The largest absolute Gasteiger partial charge is 0.390 e. The van der Waals surface area contributed by atoms with Crippen LogP contribution in [0.15, 0.2) is 4.99 Å². The van der Waals surface area contributed by atoms with Crippen molar-refractivity contribution in [3.05, 3.63) is 0 Å². The molecule has 1 fully saturated rings. The number of hydrogen-bond acceptors (Lipinski definition) is 3. The van der Waals surface area contributed by atoms with Crippen LogP contribution in [0.5, 0.6) is 0 Å². The Balaban J connectivity index is 2.14. The van der Waals surface area contributed by atoms with Crippen molar-refractivity contribution in [2.45, 2.75) is 45.1 Å². The molecular formula is C14H27F3N4O. The van der Waals surface area contributed by atoms with Crippen LogP contribution in [0.4, 0.5) is 13.2 Å². The predicted octanol–water partition coefficient (Wildman–Crippen LogP) is 1.60. The summed E-state index contributed by atoms with van der Waals surface area (Å²) in [5, 5.41) is 5.70. The molecule has 8 heteroatoms. The van der Waals surface area contributed by atoms with E-state index >= 15 is 0 Å². The Bertz CT molecular complexity index is 339. The van der Waals surface area contributed by atoms with Gasteiger partial charge in [0.25, 0.3) is 0 Å². The van der Waals surface area contributed by atoms with Crippen molar-refractivity contribution < 1.29 is 17.9 Å². The molecule has 5 nitrogen and oxygen atoms in total. The monoisotopic (exact) mass is 324 g/mol. The molecule has 0 aromatic heterocycles. The molecule has 1 rings (SSSR count). The first-order valence-corrected chi connectivity index (χ1v) is 7.69. The second-order valence-electron chi connectivity index (χ2n) is 5.66. The fourth-order valence-electron chi connectivity index (χ4n) is 2.52. The molecule has 2 N–H and O–H groups in total. The van der Waals surface area contributed by atoms with Crippen LogP contribution in [0.2, 0.25) is 0 Å². The normalized spacial score (nSPS) is 24.4. The van der Waals surface area contributed by atoms with Gasteiger partial charge in [0.05, 0.1) is 18.6 Å². The van der Waals surface area contributed by atoms with E-state index in [2.05, 4.69) is 34.4 Å². The summed E-state index contributed by atoms with van der Waals surface area (Å²) in [7, 11) is 1.55. The molecule has 130 valence electrons. The molecule has 2 unspecified atom stereocenters. The molecule has 2 atom stereocenters. The molecule has 0 radical (unpaired) electrons. The summed E-state index contributed by atoms with van der Waals surface area (Å²) in [4.78, 5) is 6.26. The lowest BCUT2D eigenvalue weighted by Gasteiger charge is -2.35. The zero-order chi connectivity index (χ0) is 16.6. The van der Waals surface area contributed by atoms with Crippen LogP contribution in [-0.2, 0) is 4.74 Å². The number of rotatable bonds is 6. The van der Waals surface area contributed by atoms with E-state index in [1.807, 2.05) is 0 Å². The molecule has 0 bridgehead atoms. The van der Waals surface area contributed by atoms with E-state index < -0.39 is 12.6 Å². The Labute approximate surface area is 130 Å². The number of hydrogen-bond donors (Lipinski definition) is 2. The average molecular weight is 324 g/mol. The van der Waals surface area contributed by atoms with E-state index in [4.69, 9.17) is 4.74 Å². The molecular weight excluding hydrogens is 297 g/mol. The Morgan fingerprint density at radius 3 is 2.32 bits per heavy atom. The van der Waals surface area contributed by atoms with Crippen LogP contribution in [0.1, 0.15) is 26.7 Å². The minimum absolute atomic E-state index is 0.165. The zero-order valence-electron chi connectivity index (χ0n) is 13.5. The number of ether oxygens (including phenoxy) is 1. The first-order chi connectivity index (χ1) is 10.3. The minimum Gasteiger partial charge on any atom is -0.373 e. The minimum atomic E-state index is -4.14. The van der Waals surface area contributed by atoms with Gasteiger partial charge >= 0.3 is 6.18 Å². The third-order valence-electron chi connectivity index (χ3n) is 3.36. The van der Waals surface area contributed by atoms with Crippen molar-refractivity contribution in [3.8, 4) is 0 Å². The first-order valence-electron chi connectivity index (χ1n) is 7.69. The Kier molecular flexibility index (Phi) is 7.95. The fraction of sp³-hybridized carbons (Fsp3) is 0.929. The average Bonchev–Trinajstić information content (AvgIpc) is 2.39. The molecule has 0 spiro atoms. The van der Waals surface area contributed by atoms with Gasteiger partial charge < -0.3 is 15.4 Å². The lowest BCUT2D eigenvalue weighted by atomic mass is 10.2. The van der Waals surface area contributed by atoms with Crippen molar-refractivity contribution in [1.29, 1.82) is 0 Å². The van der Waals surface area contributed by atoms with Crippen LogP contribution in [0.3, 0.4) is 0 Å². The molecule has 1 aliphatic rings. The van der Waals surface area contributed by atoms with Gasteiger partial charge in [0, 0.05) is 39.8 Å². The summed E-state index contributed by atoms with van der Waals surface area (Å²) in [6.07, 6.45) is -3.62. The molecule has 0 aliphatic carbocycles. The molecule has 0 amide bonds. The van der Waals surface area contributed by atoms with Crippen molar-refractivity contribution in [2.24, 2.45) is 4.99 Å². The van der Waals surface area contributed by atoms with E-state index in [-0.39, 0.29) is 18.8 Å². The van der Waals surface area contributed by atoms with Crippen LogP contribution in [-0.4, -0.2) is 69.0 Å². The Hall–Kier alpha value is -1.02. The molecule has 1 aliphatic heterocycles. The number of nitrogens with one attached hydrogen (secondary N) is 2. The SMILES string of the molecule is CN=C(NCCCN1CC(C)OC(C)C1)NCCC(F)(F)F. The maximum atomic E-state index is 12.1. The quantitative estimate of drug-likeness (QED) is 0.443. The van der Waals surface area contributed by atoms with Crippen LogP contribution in [0, 0.1) is 0 Å². The van der Waals surface area contributed by atoms with E-state index in [1.54, 1.807) is 7.05 Å². The third-order valence-corrected chi connectivity index (χ3v) is 3.36. The van der Waals surface area contributed by atoms with Crippen molar-refractivity contribution in [2.75, 3.05) is 39.8 Å². The number of nitrogens with zero attached hydrogens (tertiary/aromatic N) is 2. The van der Waals surface area contributed by atoms with E-state index in [1.165, 1.54) is 0 Å². The molecule has 0 aromatic carbocycles. The maximum Gasteiger partial charge on any atom is 0.390 e. The van der Waals surface area contributed by atoms with Crippen molar-refractivity contribution >= 4 is 5.96 Å². The highest BCUT2D eigenvalue weighted by Gasteiger charge is 2.26. The van der Waals surface area contributed by atoms with Gasteiger partial charge in [0.1, 0.15) is 0 Å². The smallest absolute Gasteiger partial charge is 0.373 e. The molecule has 22 heavy (non-hydrogen) atoms. The lowest BCUT2D eigenvalue weighted by Crippen LogP contribution is -2.46. The fourth-order valence-corrected chi connectivity index (χ4v) is 2.52. The standard InChI is InChI=1S/C14H27F3N4O/c1-11-9-21(10-12(2)22-11)8-4-6-19-13(18-3)20-7-5-14(15,16)17/h11-12H,4-10H2,1-3H3,(H2,18,19,20). The van der Waals surface area contributed by atoms with Gasteiger partial charge in [-0.1, -0.05) is 0 Å². The zero-order valence-corrected chi connectivity index (χ0v) is 13.5. The number of morpholine rings is 1. The second kappa shape index (κ2) is 9.19. The van der Waals surface area contributed by atoms with E-state index in [0.29, 0.717) is 12.5 Å². The van der Waals surface area contributed by atoms with Gasteiger partial charge in [0.2, 0.25) is 0 Å². The van der Waals surface area contributed by atoms with Gasteiger partial charge in [-0.2, -0.15) is 13.2 Å². The van der Waals surface area contributed by atoms with Gasteiger partial charge in [-0.25, -0.2) is 0 Å². The summed E-state index contributed by atoms with van der Waals surface area (Å²) >= 11 is 0. The van der Waals surface area contributed by atoms with Gasteiger partial charge in [0.15, 0.2) is 5.96 Å².